The van der Waals surface area contributed by atoms with Crippen LogP contribution in [0.25, 0.3) is 0 Å². The summed E-state index contributed by atoms with van der Waals surface area (Å²) in [5.41, 5.74) is 0. The molecule has 0 radical (unpaired) electrons. The molecule has 0 aliphatic carbocycles. The van der Waals surface area contributed by atoms with E-state index in [0.29, 0.717) is 12.8 Å². The number of rotatable bonds is 22. The van der Waals surface area contributed by atoms with Gasteiger partial charge in [-0.05, 0) is 12.8 Å². The Labute approximate surface area is 194 Å². The van der Waals surface area contributed by atoms with Gasteiger partial charge in [0.2, 0.25) is 0 Å². The van der Waals surface area contributed by atoms with Crippen molar-refractivity contribution in [1.82, 2.24) is 0 Å². The Bertz CT molecular complexity index is 520. The van der Waals surface area contributed by atoms with Gasteiger partial charge in [0.25, 0.3) is 0 Å². The summed E-state index contributed by atoms with van der Waals surface area (Å²) in [7, 11) is -4.72. The van der Waals surface area contributed by atoms with Crippen LogP contribution in [0.2, 0.25) is 0 Å². The maximum absolute atomic E-state index is 12.1. The van der Waals surface area contributed by atoms with Crippen molar-refractivity contribution in [2.45, 2.75) is 109 Å². The van der Waals surface area contributed by atoms with E-state index in [1.165, 1.54) is 12.8 Å². The van der Waals surface area contributed by atoms with Crippen LogP contribution in [-0.4, -0.2) is 41.0 Å². The molecule has 0 heterocycles. The van der Waals surface area contributed by atoms with Gasteiger partial charge in [0.05, 0.1) is 6.61 Å². The third kappa shape index (κ3) is 22.3. The molecule has 0 aliphatic rings. The smallest absolute Gasteiger partial charge is 0.462 e. The number of carbonyl (C=O) groups is 2. The van der Waals surface area contributed by atoms with Crippen molar-refractivity contribution in [2.75, 3.05) is 13.2 Å². The molecule has 0 saturated carbocycles. The molecule has 190 valence electrons. The zero-order valence-corrected chi connectivity index (χ0v) is 20.4. The first kappa shape index (κ1) is 31.0. The quantitative estimate of drug-likeness (QED) is 0.0911. The van der Waals surface area contributed by atoms with Gasteiger partial charge in [-0.15, -0.1) is 0 Å². The molecule has 0 aromatic heterocycles. The van der Waals surface area contributed by atoms with Crippen molar-refractivity contribution in [2.24, 2.45) is 0 Å². The van der Waals surface area contributed by atoms with Gasteiger partial charge in [-0.2, -0.15) is 12.8 Å². The number of unbranched alkanes of at least 4 members (excludes halogenated alkanes) is 12. The van der Waals surface area contributed by atoms with Gasteiger partial charge in [0.15, 0.2) is 6.10 Å². The molecule has 0 spiro atoms. The molecule has 0 aromatic rings. The van der Waals surface area contributed by atoms with E-state index in [0.717, 1.165) is 64.2 Å². The average Bonchev–Trinajstić information content (AvgIpc) is 2.73. The fraction of sp³-hybridized carbons (Fsp3) is 0.826. The van der Waals surface area contributed by atoms with E-state index in [-0.39, 0.29) is 19.4 Å². The highest BCUT2D eigenvalue weighted by Gasteiger charge is 2.22. The number of phosphoric acid groups is 1. The van der Waals surface area contributed by atoms with Crippen molar-refractivity contribution >= 4 is 19.8 Å². The van der Waals surface area contributed by atoms with Crippen LogP contribution in [0.15, 0.2) is 0 Å². The Balaban J connectivity index is 4.17. The number of ether oxygens (including phenoxy) is 2. The van der Waals surface area contributed by atoms with Gasteiger partial charge in [0.1, 0.15) is 6.61 Å². The van der Waals surface area contributed by atoms with Gasteiger partial charge in [-0.3, -0.25) is 14.1 Å². The molecule has 0 bridgehead atoms. The Morgan fingerprint density at radius 2 is 1.12 bits per heavy atom. The Hall–Kier alpha value is -0.950. The third-order valence-electron chi connectivity index (χ3n) is 4.92. The maximum Gasteiger partial charge on any atom is 0.469 e. The lowest BCUT2D eigenvalue weighted by molar-refractivity contribution is -0.161. The number of esters is 2. The molecule has 8 nitrogen and oxygen atoms in total. The molecule has 1 atom stereocenters. The summed E-state index contributed by atoms with van der Waals surface area (Å²) in [5, 5.41) is 0. The van der Waals surface area contributed by atoms with Crippen LogP contribution in [0.3, 0.4) is 0 Å². The Morgan fingerprint density at radius 1 is 0.688 bits per heavy atom. The van der Waals surface area contributed by atoms with Crippen LogP contribution in [0.4, 0.5) is 0 Å². The highest BCUT2D eigenvalue weighted by Crippen LogP contribution is 2.35. The molecule has 0 aliphatic heterocycles. The van der Waals surface area contributed by atoms with Gasteiger partial charge in [-0.25, -0.2) is 4.57 Å². The van der Waals surface area contributed by atoms with Crippen molar-refractivity contribution < 1.29 is 37.9 Å². The summed E-state index contributed by atoms with van der Waals surface area (Å²) < 4.78 is 25.8. The van der Waals surface area contributed by atoms with Crippen molar-refractivity contribution in [3.05, 3.63) is 13.8 Å². The second kappa shape index (κ2) is 20.6. The third-order valence-corrected chi connectivity index (χ3v) is 5.40. The average molecular weight is 479 g/mol. The minimum absolute atomic E-state index is 0.201. The predicted molar refractivity (Wildman–Crippen MR) is 123 cm³/mol. The van der Waals surface area contributed by atoms with Gasteiger partial charge in [0, 0.05) is 12.8 Å². The number of hydrogen-bond donors (Lipinski definition) is 2. The molecule has 0 aromatic carbocycles. The van der Waals surface area contributed by atoms with Crippen LogP contribution >= 0.6 is 7.82 Å². The minimum atomic E-state index is -4.72. The lowest BCUT2D eigenvalue weighted by atomic mass is 10.1. The zero-order chi connectivity index (χ0) is 24.1. The van der Waals surface area contributed by atoms with Crippen molar-refractivity contribution in [1.29, 1.82) is 0 Å². The molecule has 2 N–H and O–H groups in total. The predicted octanol–water partition coefficient (Wildman–Crippen LogP) is 5.46. The number of carbonyl (C=O) groups excluding carboxylic acids is 2. The summed E-state index contributed by atoms with van der Waals surface area (Å²) in [6.45, 7) is 6.77. The monoisotopic (exact) mass is 478 g/mol. The highest BCUT2D eigenvalue weighted by atomic mass is 31.2. The Morgan fingerprint density at radius 3 is 1.59 bits per heavy atom. The normalized spacial score (nSPS) is 12.5. The summed E-state index contributed by atoms with van der Waals surface area (Å²) in [5.74, 6) is -0.930. The summed E-state index contributed by atoms with van der Waals surface area (Å²) in [6.07, 6.45) is 13.3. The lowest BCUT2D eigenvalue weighted by Crippen LogP contribution is -2.29. The van der Waals surface area contributed by atoms with Crippen LogP contribution in [-0.2, 0) is 28.2 Å². The molecule has 0 saturated heterocycles. The lowest BCUT2D eigenvalue weighted by Gasteiger charge is -2.18. The van der Waals surface area contributed by atoms with Crippen molar-refractivity contribution in [3.8, 4) is 0 Å². The number of phosphoric ester groups is 1. The zero-order valence-electron chi connectivity index (χ0n) is 19.5. The van der Waals surface area contributed by atoms with Gasteiger partial charge >= 0.3 is 19.8 Å². The van der Waals surface area contributed by atoms with E-state index < -0.39 is 32.5 Å². The molecule has 0 rings (SSSR count). The fourth-order valence-corrected chi connectivity index (χ4v) is 3.47. The van der Waals surface area contributed by atoms with E-state index in [1.54, 1.807) is 0 Å². The summed E-state index contributed by atoms with van der Waals surface area (Å²) >= 11 is 0. The van der Waals surface area contributed by atoms with Gasteiger partial charge < -0.3 is 33.1 Å². The van der Waals surface area contributed by atoms with Crippen molar-refractivity contribution in [3.63, 3.8) is 0 Å². The summed E-state index contributed by atoms with van der Waals surface area (Å²) in [6, 6.07) is 0. The van der Waals surface area contributed by atoms with Crippen LogP contribution in [0.1, 0.15) is 103 Å². The minimum Gasteiger partial charge on any atom is -0.462 e. The van der Waals surface area contributed by atoms with Crippen LogP contribution < -0.4 is 0 Å². The SMILES string of the molecule is [CH2-]CCCCCCCCCC(=O)O[C@H](COC(=O)CCCCCCC[CH2-])COP(=O)(O)O. The van der Waals surface area contributed by atoms with E-state index in [1.807, 2.05) is 0 Å². The molecular formula is C23H43O8P-2. The fourth-order valence-electron chi connectivity index (χ4n) is 3.11. The standard InChI is InChI=1S/C23H43O8P/c1-3-5-7-9-11-12-14-16-18-23(25)31-21(20-30-32(26,27)28)19-29-22(24)17-15-13-10-8-6-4-2/h21H,1-20H2,(H2,26,27,28)/q-2/t21-/m1/s1. The van der Waals surface area contributed by atoms with Gasteiger partial charge in [-0.1, -0.05) is 64.2 Å². The van der Waals surface area contributed by atoms with E-state index in [4.69, 9.17) is 19.3 Å². The maximum atomic E-state index is 12.1. The molecular weight excluding hydrogens is 435 g/mol. The number of hydrogen-bond acceptors (Lipinski definition) is 6. The Kier molecular flexibility index (Phi) is 20.0. The topological polar surface area (TPSA) is 119 Å². The molecule has 0 unspecified atom stereocenters. The first-order valence-corrected chi connectivity index (χ1v) is 13.4. The second-order valence-corrected chi connectivity index (χ2v) is 9.27. The largest absolute Gasteiger partial charge is 0.469 e. The van der Waals surface area contributed by atoms with Crippen LogP contribution in [0, 0.1) is 13.8 Å². The first-order chi connectivity index (χ1) is 15.3. The molecule has 32 heavy (non-hydrogen) atoms. The van der Waals surface area contributed by atoms with E-state index >= 15 is 0 Å². The summed E-state index contributed by atoms with van der Waals surface area (Å²) in [4.78, 5) is 41.7. The van der Waals surface area contributed by atoms with Crippen LogP contribution in [0.5, 0.6) is 0 Å². The second-order valence-electron chi connectivity index (χ2n) is 8.03. The molecule has 0 amide bonds. The van der Waals surface area contributed by atoms with E-state index in [9.17, 15) is 14.2 Å². The molecule has 9 heteroatoms. The first-order valence-electron chi connectivity index (χ1n) is 11.9. The molecule has 0 fully saturated rings. The van der Waals surface area contributed by atoms with E-state index in [2.05, 4.69) is 18.4 Å². The highest BCUT2D eigenvalue weighted by molar-refractivity contribution is 7.46.